The molecule has 0 aliphatic heterocycles. The first-order chi connectivity index (χ1) is 11.9. The molecule has 1 aromatic carbocycles. The van der Waals surface area contributed by atoms with Gasteiger partial charge in [-0.15, -0.1) is 0 Å². The standard InChI is InChI=1S/C19H31BrO4S/c1-4-8-18(20)19(9-5-2)23-14-6-7-15-24-25(21,22)17-12-10-16(3)11-13-17/h10-13,18-19H,4-9,14-15H2,1-3H3/t18-,19+/m0/s1. The molecule has 0 aliphatic carbocycles. The third-order valence-electron chi connectivity index (χ3n) is 3.96. The summed E-state index contributed by atoms with van der Waals surface area (Å²) < 4.78 is 35.2. The summed E-state index contributed by atoms with van der Waals surface area (Å²) in [5, 5.41) is 0. The second-order valence-corrected chi connectivity index (χ2v) is 9.09. The van der Waals surface area contributed by atoms with Crippen molar-refractivity contribution in [2.45, 2.75) is 75.1 Å². The van der Waals surface area contributed by atoms with Gasteiger partial charge in [0.05, 0.1) is 17.6 Å². The number of aryl methyl sites for hydroxylation is 1. The quantitative estimate of drug-likeness (QED) is 0.242. The van der Waals surface area contributed by atoms with Crippen molar-refractivity contribution in [2.75, 3.05) is 13.2 Å². The smallest absolute Gasteiger partial charge is 0.296 e. The number of hydrogen-bond acceptors (Lipinski definition) is 4. The Morgan fingerprint density at radius 3 is 2.20 bits per heavy atom. The zero-order valence-corrected chi connectivity index (χ0v) is 17.9. The van der Waals surface area contributed by atoms with Gasteiger partial charge < -0.3 is 4.74 Å². The van der Waals surface area contributed by atoms with E-state index in [1.807, 2.05) is 6.92 Å². The monoisotopic (exact) mass is 434 g/mol. The van der Waals surface area contributed by atoms with Crippen LogP contribution in [0, 0.1) is 6.92 Å². The number of halogens is 1. The van der Waals surface area contributed by atoms with Crippen LogP contribution in [0.25, 0.3) is 0 Å². The molecule has 6 heteroatoms. The highest BCUT2D eigenvalue weighted by molar-refractivity contribution is 9.09. The van der Waals surface area contributed by atoms with Gasteiger partial charge >= 0.3 is 0 Å². The first-order valence-electron chi connectivity index (χ1n) is 9.12. The molecule has 0 spiro atoms. The van der Waals surface area contributed by atoms with Crippen molar-refractivity contribution < 1.29 is 17.3 Å². The molecule has 0 bridgehead atoms. The molecule has 144 valence electrons. The summed E-state index contributed by atoms with van der Waals surface area (Å²) in [4.78, 5) is 0.592. The van der Waals surface area contributed by atoms with Gasteiger partial charge in [-0.25, -0.2) is 0 Å². The maximum Gasteiger partial charge on any atom is 0.296 e. The van der Waals surface area contributed by atoms with Crippen LogP contribution in [0.3, 0.4) is 0 Å². The summed E-state index contributed by atoms with van der Waals surface area (Å²) in [6, 6.07) is 6.69. The Kier molecular flexibility index (Phi) is 10.9. The van der Waals surface area contributed by atoms with E-state index >= 15 is 0 Å². The van der Waals surface area contributed by atoms with Crippen LogP contribution in [0.4, 0.5) is 0 Å². The number of unbranched alkanes of at least 4 members (excludes halogenated alkanes) is 1. The molecule has 0 radical (unpaired) electrons. The van der Waals surface area contributed by atoms with E-state index in [9.17, 15) is 8.42 Å². The largest absolute Gasteiger partial charge is 0.377 e. The fourth-order valence-corrected chi connectivity index (χ4v) is 4.31. The number of benzene rings is 1. The topological polar surface area (TPSA) is 52.6 Å². The average Bonchev–Trinajstić information content (AvgIpc) is 2.57. The minimum Gasteiger partial charge on any atom is -0.377 e. The fourth-order valence-electron chi connectivity index (χ4n) is 2.50. The number of rotatable bonds is 13. The molecular formula is C19H31BrO4S. The summed E-state index contributed by atoms with van der Waals surface area (Å²) >= 11 is 3.72. The Morgan fingerprint density at radius 1 is 1.00 bits per heavy atom. The molecule has 0 fully saturated rings. The second kappa shape index (κ2) is 12.0. The Hall–Kier alpha value is -0.430. The first kappa shape index (κ1) is 22.6. The summed E-state index contributed by atoms with van der Waals surface area (Å²) in [6.07, 6.45) is 6.03. The zero-order chi connectivity index (χ0) is 18.7. The lowest BCUT2D eigenvalue weighted by atomic mass is 10.1. The molecule has 1 rings (SSSR count). The van der Waals surface area contributed by atoms with Crippen molar-refractivity contribution in [3.05, 3.63) is 29.8 Å². The summed E-state index contributed by atoms with van der Waals surface area (Å²) in [5.41, 5.74) is 1.02. The van der Waals surface area contributed by atoms with Gasteiger partial charge in [0.25, 0.3) is 10.1 Å². The SMILES string of the molecule is CCC[C@H](Br)[C@@H](CCC)OCCCCOS(=O)(=O)c1ccc(C)cc1. The Morgan fingerprint density at radius 2 is 1.60 bits per heavy atom. The van der Waals surface area contributed by atoms with Crippen LogP contribution in [-0.4, -0.2) is 32.6 Å². The normalized spacial score (nSPS) is 14.4. The highest BCUT2D eigenvalue weighted by Gasteiger charge is 2.18. The Bertz CT molecular complexity index is 572. The van der Waals surface area contributed by atoms with Crippen LogP contribution in [0.15, 0.2) is 29.2 Å². The fraction of sp³-hybridized carbons (Fsp3) is 0.684. The van der Waals surface area contributed by atoms with Gasteiger partial charge in [0.15, 0.2) is 0 Å². The number of hydrogen-bond donors (Lipinski definition) is 0. The molecule has 0 aliphatic rings. The number of ether oxygens (including phenoxy) is 1. The van der Waals surface area contributed by atoms with E-state index in [1.54, 1.807) is 24.3 Å². The van der Waals surface area contributed by atoms with Gasteiger partial charge in [-0.2, -0.15) is 8.42 Å². The highest BCUT2D eigenvalue weighted by atomic mass is 79.9. The van der Waals surface area contributed by atoms with Gasteiger partial charge in [0.2, 0.25) is 0 Å². The average molecular weight is 435 g/mol. The van der Waals surface area contributed by atoms with Crippen LogP contribution in [0.2, 0.25) is 0 Å². The first-order valence-corrected chi connectivity index (χ1v) is 11.4. The molecule has 0 heterocycles. The highest BCUT2D eigenvalue weighted by Crippen LogP contribution is 2.20. The molecule has 0 aromatic heterocycles. The van der Waals surface area contributed by atoms with E-state index in [4.69, 9.17) is 8.92 Å². The van der Waals surface area contributed by atoms with Gasteiger partial charge in [-0.05, 0) is 44.7 Å². The molecule has 0 unspecified atom stereocenters. The molecule has 2 atom stereocenters. The molecule has 0 saturated carbocycles. The van der Waals surface area contributed by atoms with E-state index in [1.165, 1.54) is 0 Å². The Labute approximate surface area is 161 Å². The molecule has 25 heavy (non-hydrogen) atoms. The van der Waals surface area contributed by atoms with Gasteiger partial charge in [0, 0.05) is 11.4 Å². The van der Waals surface area contributed by atoms with Crippen molar-refractivity contribution >= 4 is 26.0 Å². The number of alkyl halides is 1. The Balaban J connectivity index is 2.29. The molecule has 0 amide bonds. The van der Waals surface area contributed by atoms with Crippen molar-refractivity contribution in [1.29, 1.82) is 0 Å². The maximum absolute atomic E-state index is 12.1. The van der Waals surface area contributed by atoms with Crippen LogP contribution < -0.4 is 0 Å². The molecule has 0 N–H and O–H groups in total. The van der Waals surface area contributed by atoms with Gasteiger partial charge in [-0.1, -0.05) is 60.3 Å². The molecule has 1 aromatic rings. The van der Waals surface area contributed by atoms with Crippen molar-refractivity contribution in [3.8, 4) is 0 Å². The lowest BCUT2D eigenvalue weighted by Crippen LogP contribution is -2.24. The van der Waals surface area contributed by atoms with Crippen molar-refractivity contribution in [1.82, 2.24) is 0 Å². The van der Waals surface area contributed by atoms with Crippen LogP contribution in [0.1, 0.15) is 57.9 Å². The van der Waals surface area contributed by atoms with Crippen molar-refractivity contribution in [2.24, 2.45) is 0 Å². The third-order valence-corrected chi connectivity index (χ3v) is 6.33. The van der Waals surface area contributed by atoms with E-state index in [0.29, 0.717) is 17.9 Å². The lowest BCUT2D eigenvalue weighted by Gasteiger charge is -2.22. The summed E-state index contributed by atoms with van der Waals surface area (Å²) in [6.45, 7) is 7.06. The summed E-state index contributed by atoms with van der Waals surface area (Å²) in [7, 11) is -3.66. The van der Waals surface area contributed by atoms with E-state index < -0.39 is 10.1 Å². The maximum atomic E-state index is 12.1. The summed E-state index contributed by atoms with van der Waals surface area (Å²) in [5.74, 6) is 0. The van der Waals surface area contributed by atoms with E-state index in [-0.39, 0.29) is 17.6 Å². The van der Waals surface area contributed by atoms with E-state index in [0.717, 1.165) is 37.7 Å². The minimum absolute atomic E-state index is 0.185. The second-order valence-electron chi connectivity index (χ2n) is 6.30. The van der Waals surface area contributed by atoms with Gasteiger partial charge in [-0.3, -0.25) is 4.18 Å². The van der Waals surface area contributed by atoms with Crippen LogP contribution in [-0.2, 0) is 19.0 Å². The molecule has 0 saturated heterocycles. The molecule has 4 nitrogen and oxygen atoms in total. The lowest BCUT2D eigenvalue weighted by molar-refractivity contribution is 0.0415. The third kappa shape index (κ3) is 8.67. The van der Waals surface area contributed by atoms with E-state index in [2.05, 4.69) is 29.8 Å². The van der Waals surface area contributed by atoms with Gasteiger partial charge in [0.1, 0.15) is 0 Å². The van der Waals surface area contributed by atoms with Crippen LogP contribution in [0.5, 0.6) is 0 Å². The predicted molar refractivity (Wildman–Crippen MR) is 106 cm³/mol. The molecular weight excluding hydrogens is 404 g/mol. The van der Waals surface area contributed by atoms with Crippen molar-refractivity contribution in [3.63, 3.8) is 0 Å². The van der Waals surface area contributed by atoms with Crippen LogP contribution >= 0.6 is 15.9 Å². The predicted octanol–water partition coefficient (Wildman–Crippen LogP) is 5.23. The minimum atomic E-state index is -3.66. The zero-order valence-electron chi connectivity index (χ0n) is 15.5.